The highest BCUT2D eigenvalue weighted by atomic mass is 35.5. The number of aromatic nitrogens is 1. The number of ether oxygens (including phenoxy) is 1. The molecule has 1 heterocycles. The van der Waals surface area contributed by atoms with Crippen LogP contribution in [-0.4, -0.2) is 12.1 Å². The van der Waals surface area contributed by atoms with Gasteiger partial charge in [0.05, 0.1) is 22.8 Å². The summed E-state index contributed by atoms with van der Waals surface area (Å²) in [6, 6.07) is 5.89. The van der Waals surface area contributed by atoms with E-state index in [9.17, 15) is 4.39 Å². The molecule has 0 fully saturated rings. The van der Waals surface area contributed by atoms with Crippen molar-refractivity contribution in [1.29, 1.82) is 0 Å². The van der Waals surface area contributed by atoms with E-state index < -0.39 is 5.82 Å². The van der Waals surface area contributed by atoms with Crippen molar-refractivity contribution in [2.75, 3.05) is 12.8 Å². The molecule has 2 aromatic rings. The van der Waals surface area contributed by atoms with Crippen LogP contribution in [-0.2, 0) is 0 Å². The summed E-state index contributed by atoms with van der Waals surface area (Å²) in [4.78, 5) is 4.05. The Kier molecular flexibility index (Phi) is 3.59. The molecule has 94 valence electrons. The number of anilines is 1. The average molecular weight is 287 g/mol. The van der Waals surface area contributed by atoms with Crippen molar-refractivity contribution in [1.82, 2.24) is 4.98 Å². The molecule has 0 bridgehead atoms. The van der Waals surface area contributed by atoms with Gasteiger partial charge in [0.1, 0.15) is 5.82 Å². The van der Waals surface area contributed by atoms with Crippen molar-refractivity contribution in [3.63, 3.8) is 0 Å². The summed E-state index contributed by atoms with van der Waals surface area (Å²) in [6.45, 7) is 0. The third kappa shape index (κ3) is 2.35. The highest BCUT2D eigenvalue weighted by Gasteiger charge is 2.12. The van der Waals surface area contributed by atoms with E-state index in [0.717, 1.165) is 0 Å². The zero-order chi connectivity index (χ0) is 13.3. The van der Waals surface area contributed by atoms with Gasteiger partial charge in [0.2, 0.25) is 0 Å². The Bertz CT molecular complexity index is 605. The van der Waals surface area contributed by atoms with Crippen molar-refractivity contribution in [3.05, 3.63) is 40.1 Å². The van der Waals surface area contributed by atoms with Crippen LogP contribution >= 0.6 is 23.2 Å². The molecule has 3 nitrogen and oxygen atoms in total. The third-order valence-electron chi connectivity index (χ3n) is 2.38. The predicted molar refractivity (Wildman–Crippen MR) is 70.6 cm³/mol. The topological polar surface area (TPSA) is 48.1 Å². The van der Waals surface area contributed by atoms with Crippen molar-refractivity contribution >= 4 is 29.0 Å². The summed E-state index contributed by atoms with van der Waals surface area (Å²) in [6.07, 6.45) is 0. The lowest BCUT2D eigenvalue weighted by Gasteiger charge is -2.08. The molecular formula is C12H9Cl2FN2O. The molecular weight excluding hydrogens is 278 g/mol. The first-order valence-corrected chi connectivity index (χ1v) is 5.74. The van der Waals surface area contributed by atoms with Gasteiger partial charge in [-0.05, 0) is 24.3 Å². The van der Waals surface area contributed by atoms with Crippen molar-refractivity contribution < 1.29 is 9.13 Å². The van der Waals surface area contributed by atoms with Gasteiger partial charge in [0.15, 0.2) is 11.6 Å². The van der Waals surface area contributed by atoms with Crippen molar-refractivity contribution in [2.24, 2.45) is 0 Å². The lowest BCUT2D eigenvalue weighted by molar-refractivity contribution is 0.386. The summed E-state index contributed by atoms with van der Waals surface area (Å²) in [5, 5.41) is 0.566. The number of pyridine rings is 1. The molecule has 0 radical (unpaired) electrons. The molecule has 1 aromatic carbocycles. The lowest BCUT2D eigenvalue weighted by Crippen LogP contribution is -1.95. The van der Waals surface area contributed by atoms with Crippen LogP contribution in [0.25, 0.3) is 11.3 Å². The number of benzene rings is 1. The number of nitrogen functional groups attached to an aromatic ring is 1. The highest BCUT2D eigenvalue weighted by Crippen LogP contribution is 2.32. The fraction of sp³-hybridized carbons (Fsp3) is 0.0833. The molecule has 0 aliphatic heterocycles. The second kappa shape index (κ2) is 5.00. The summed E-state index contributed by atoms with van der Waals surface area (Å²) in [7, 11) is 1.39. The van der Waals surface area contributed by atoms with Crippen LogP contribution in [0, 0.1) is 5.82 Å². The SMILES string of the molecule is COc1ccc(-c2nc(N)c(Cl)cc2Cl)cc1F. The van der Waals surface area contributed by atoms with E-state index in [1.807, 2.05) is 0 Å². The minimum absolute atomic E-state index is 0.146. The van der Waals surface area contributed by atoms with Crippen LogP contribution in [0.15, 0.2) is 24.3 Å². The average Bonchev–Trinajstić information content (AvgIpc) is 2.33. The van der Waals surface area contributed by atoms with E-state index in [4.69, 9.17) is 33.7 Å². The van der Waals surface area contributed by atoms with E-state index in [0.29, 0.717) is 16.3 Å². The maximum absolute atomic E-state index is 13.6. The number of hydrogen-bond acceptors (Lipinski definition) is 3. The molecule has 0 atom stereocenters. The summed E-state index contributed by atoms with van der Waals surface area (Å²) in [5.41, 5.74) is 6.48. The van der Waals surface area contributed by atoms with E-state index in [2.05, 4.69) is 4.98 Å². The standard InChI is InChI=1S/C12H9Cl2FN2O/c1-18-10-3-2-6(4-9(10)15)11-7(13)5-8(14)12(16)17-11/h2-5H,1H3,(H2,16,17). The number of methoxy groups -OCH3 is 1. The van der Waals surface area contributed by atoms with Gasteiger partial charge in [0, 0.05) is 5.56 Å². The Balaban J connectivity index is 2.55. The Hall–Kier alpha value is -1.52. The predicted octanol–water partition coefficient (Wildman–Crippen LogP) is 3.79. The number of rotatable bonds is 2. The molecule has 0 aliphatic carbocycles. The Morgan fingerprint density at radius 3 is 2.56 bits per heavy atom. The van der Waals surface area contributed by atoms with Crippen molar-refractivity contribution in [3.8, 4) is 17.0 Å². The fourth-order valence-electron chi connectivity index (χ4n) is 1.50. The van der Waals surface area contributed by atoms with Crippen LogP contribution in [0.3, 0.4) is 0 Å². The normalized spacial score (nSPS) is 10.4. The van der Waals surface area contributed by atoms with Crippen LogP contribution in [0.2, 0.25) is 10.0 Å². The van der Waals surface area contributed by atoms with E-state index in [1.165, 1.54) is 25.3 Å². The second-order valence-corrected chi connectivity index (χ2v) is 4.35. The number of nitrogens with two attached hydrogens (primary N) is 1. The van der Waals surface area contributed by atoms with Gasteiger partial charge in [-0.3, -0.25) is 0 Å². The molecule has 2 N–H and O–H groups in total. The van der Waals surface area contributed by atoms with E-state index >= 15 is 0 Å². The maximum atomic E-state index is 13.6. The molecule has 6 heteroatoms. The quantitative estimate of drug-likeness (QED) is 0.914. The molecule has 0 unspecified atom stereocenters. The highest BCUT2D eigenvalue weighted by molar-refractivity contribution is 6.37. The van der Waals surface area contributed by atoms with Gasteiger partial charge in [0.25, 0.3) is 0 Å². The molecule has 2 rings (SSSR count). The maximum Gasteiger partial charge on any atom is 0.165 e. The van der Waals surface area contributed by atoms with Gasteiger partial charge in [-0.1, -0.05) is 23.2 Å². The molecule has 0 spiro atoms. The summed E-state index contributed by atoms with van der Waals surface area (Å²) >= 11 is 11.8. The minimum Gasteiger partial charge on any atom is -0.494 e. The summed E-state index contributed by atoms with van der Waals surface area (Å²) in [5.74, 6) is -0.203. The fourth-order valence-corrected chi connectivity index (χ4v) is 1.96. The zero-order valence-electron chi connectivity index (χ0n) is 9.38. The first-order chi connectivity index (χ1) is 8.52. The molecule has 0 amide bonds. The monoisotopic (exact) mass is 286 g/mol. The van der Waals surface area contributed by atoms with Crippen LogP contribution in [0.1, 0.15) is 0 Å². The third-order valence-corrected chi connectivity index (χ3v) is 2.97. The lowest BCUT2D eigenvalue weighted by atomic mass is 10.1. The van der Waals surface area contributed by atoms with Crippen molar-refractivity contribution in [2.45, 2.75) is 0 Å². The molecule has 0 aliphatic rings. The first-order valence-electron chi connectivity index (χ1n) is 4.98. The van der Waals surface area contributed by atoms with Gasteiger partial charge in [-0.2, -0.15) is 0 Å². The summed E-state index contributed by atoms with van der Waals surface area (Å²) < 4.78 is 18.4. The Morgan fingerprint density at radius 2 is 1.94 bits per heavy atom. The first kappa shape index (κ1) is 12.9. The van der Waals surface area contributed by atoms with Gasteiger partial charge in [-0.25, -0.2) is 9.37 Å². The number of halogens is 3. The van der Waals surface area contributed by atoms with Crippen LogP contribution < -0.4 is 10.5 Å². The minimum atomic E-state index is -0.499. The Labute approximate surface area is 113 Å². The largest absolute Gasteiger partial charge is 0.494 e. The molecule has 0 saturated carbocycles. The smallest absolute Gasteiger partial charge is 0.165 e. The van der Waals surface area contributed by atoms with Gasteiger partial charge >= 0.3 is 0 Å². The van der Waals surface area contributed by atoms with Crippen LogP contribution in [0.4, 0.5) is 10.2 Å². The van der Waals surface area contributed by atoms with Crippen LogP contribution in [0.5, 0.6) is 5.75 Å². The van der Waals surface area contributed by atoms with E-state index in [1.54, 1.807) is 6.07 Å². The number of nitrogens with zero attached hydrogens (tertiary/aromatic N) is 1. The zero-order valence-corrected chi connectivity index (χ0v) is 10.9. The number of hydrogen-bond donors (Lipinski definition) is 1. The molecule has 1 aromatic heterocycles. The molecule has 18 heavy (non-hydrogen) atoms. The Morgan fingerprint density at radius 1 is 1.22 bits per heavy atom. The van der Waals surface area contributed by atoms with E-state index in [-0.39, 0.29) is 16.6 Å². The van der Waals surface area contributed by atoms with Gasteiger partial charge < -0.3 is 10.5 Å². The molecule has 0 saturated heterocycles. The second-order valence-electron chi connectivity index (χ2n) is 3.54. The van der Waals surface area contributed by atoms with Gasteiger partial charge in [-0.15, -0.1) is 0 Å².